The molecule has 0 bridgehead atoms. The van der Waals surface area contributed by atoms with Crippen LogP contribution in [0.2, 0.25) is 0 Å². The molecule has 0 spiro atoms. The standard InChI is InChI=1S/C13H18N2O3/c1-18-12-8-10(15-13(16)17)2-3-11(12)9-4-6-14-7-5-9/h2-3,8-9,14-15H,4-7H2,1H3,(H,16,17). The third-order valence-corrected chi connectivity index (χ3v) is 3.26. The highest BCUT2D eigenvalue weighted by Crippen LogP contribution is 2.34. The van der Waals surface area contributed by atoms with Crippen molar-refractivity contribution in [1.29, 1.82) is 0 Å². The van der Waals surface area contributed by atoms with Crippen LogP contribution in [-0.2, 0) is 0 Å². The van der Waals surface area contributed by atoms with E-state index in [0.29, 0.717) is 11.6 Å². The Morgan fingerprint density at radius 2 is 2.17 bits per heavy atom. The van der Waals surface area contributed by atoms with Gasteiger partial charge in [0.05, 0.1) is 7.11 Å². The Bertz CT molecular complexity index is 428. The van der Waals surface area contributed by atoms with E-state index in [-0.39, 0.29) is 0 Å². The average Bonchev–Trinajstić information content (AvgIpc) is 2.39. The van der Waals surface area contributed by atoms with Gasteiger partial charge < -0.3 is 15.2 Å². The monoisotopic (exact) mass is 250 g/mol. The fraction of sp³-hybridized carbons (Fsp3) is 0.462. The van der Waals surface area contributed by atoms with Crippen LogP contribution in [0.5, 0.6) is 5.75 Å². The van der Waals surface area contributed by atoms with Crippen molar-refractivity contribution in [3.63, 3.8) is 0 Å². The molecule has 5 nitrogen and oxygen atoms in total. The Balaban J connectivity index is 2.21. The summed E-state index contributed by atoms with van der Waals surface area (Å²) in [7, 11) is 1.62. The number of amides is 1. The summed E-state index contributed by atoms with van der Waals surface area (Å²) in [5.74, 6) is 1.24. The molecular formula is C13H18N2O3. The SMILES string of the molecule is COc1cc(NC(=O)O)ccc1C1CCNCC1. The molecule has 1 aromatic rings. The van der Waals surface area contributed by atoms with Crippen molar-refractivity contribution in [2.24, 2.45) is 0 Å². The number of carbonyl (C=O) groups is 1. The van der Waals surface area contributed by atoms with Gasteiger partial charge in [0.15, 0.2) is 0 Å². The molecule has 1 aliphatic heterocycles. The lowest BCUT2D eigenvalue weighted by molar-refractivity contribution is 0.209. The van der Waals surface area contributed by atoms with E-state index < -0.39 is 6.09 Å². The van der Waals surface area contributed by atoms with E-state index in [1.165, 1.54) is 0 Å². The van der Waals surface area contributed by atoms with Crippen LogP contribution >= 0.6 is 0 Å². The Morgan fingerprint density at radius 1 is 1.44 bits per heavy atom. The molecule has 1 aromatic carbocycles. The van der Waals surface area contributed by atoms with Crippen molar-refractivity contribution in [1.82, 2.24) is 5.32 Å². The number of benzene rings is 1. The predicted octanol–water partition coefficient (Wildman–Crippen LogP) is 2.25. The molecule has 0 saturated carbocycles. The lowest BCUT2D eigenvalue weighted by Gasteiger charge is -2.24. The van der Waals surface area contributed by atoms with Crippen LogP contribution in [0.15, 0.2) is 18.2 Å². The molecule has 3 N–H and O–H groups in total. The van der Waals surface area contributed by atoms with Crippen LogP contribution in [0.25, 0.3) is 0 Å². The summed E-state index contributed by atoms with van der Waals surface area (Å²) in [5, 5.41) is 14.4. The topological polar surface area (TPSA) is 70.6 Å². The molecule has 98 valence electrons. The lowest BCUT2D eigenvalue weighted by Crippen LogP contribution is -2.26. The number of hydrogen-bond donors (Lipinski definition) is 3. The fourth-order valence-corrected chi connectivity index (χ4v) is 2.38. The van der Waals surface area contributed by atoms with Crippen LogP contribution in [0.3, 0.4) is 0 Å². The van der Waals surface area contributed by atoms with Gasteiger partial charge in [-0.25, -0.2) is 4.79 Å². The molecule has 18 heavy (non-hydrogen) atoms. The van der Waals surface area contributed by atoms with Crippen molar-refractivity contribution in [2.45, 2.75) is 18.8 Å². The highest BCUT2D eigenvalue weighted by Gasteiger charge is 2.19. The van der Waals surface area contributed by atoms with E-state index in [1.54, 1.807) is 19.2 Å². The first-order valence-corrected chi connectivity index (χ1v) is 6.09. The van der Waals surface area contributed by atoms with Gasteiger partial charge in [0.25, 0.3) is 0 Å². The Kier molecular flexibility index (Phi) is 4.04. The summed E-state index contributed by atoms with van der Waals surface area (Å²) in [6.45, 7) is 2.03. The summed E-state index contributed by atoms with van der Waals surface area (Å²) in [4.78, 5) is 10.6. The third kappa shape index (κ3) is 2.92. The van der Waals surface area contributed by atoms with Gasteiger partial charge in [0.2, 0.25) is 0 Å². The van der Waals surface area contributed by atoms with E-state index in [0.717, 1.165) is 37.2 Å². The first kappa shape index (κ1) is 12.7. The zero-order valence-corrected chi connectivity index (χ0v) is 10.4. The molecule has 1 saturated heterocycles. The largest absolute Gasteiger partial charge is 0.496 e. The first-order chi connectivity index (χ1) is 8.70. The second-order valence-corrected chi connectivity index (χ2v) is 4.41. The van der Waals surface area contributed by atoms with Crippen molar-refractivity contribution in [3.05, 3.63) is 23.8 Å². The third-order valence-electron chi connectivity index (χ3n) is 3.26. The van der Waals surface area contributed by atoms with Crippen molar-refractivity contribution >= 4 is 11.8 Å². The summed E-state index contributed by atoms with van der Waals surface area (Å²) >= 11 is 0. The van der Waals surface area contributed by atoms with Crippen LogP contribution in [-0.4, -0.2) is 31.4 Å². The van der Waals surface area contributed by atoms with Crippen molar-refractivity contribution in [2.75, 3.05) is 25.5 Å². The second kappa shape index (κ2) is 5.73. The molecular weight excluding hydrogens is 232 g/mol. The number of methoxy groups -OCH3 is 1. The quantitative estimate of drug-likeness (QED) is 0.769. The second-order valence-electron chi connectivity index (χ2n) is 4.41. The average molecular weight is 250 g/mol. The van der Waals surface area contributed by atoms with Gasteiger partial charge in [-0.2, -0.15) is 0 Å². The van der Waals surface area contributed by atoms with Gasteiger partial charge in [-0.3, -0.25) is 5.32 Å². The zero-order chi connectivity index (χ0) is 13.0. The van der Waals surface area contributed by atoms with Crippen molar-refractivity contribution in [3.8, 4) is 5.75 Å². The number of piperidine rings is 1. The number of carboxylic acid groups (broad SMARTS) is 1. The normalized spacial score (nSPS) is 16.3. The van der Waals surface area contributed by atoms with Gasteiger partial charge in [-0.15, -0.1) is 0 Å². The molecule has 2 rings (SSSR count). The molecule has 0 atom stereocenters. The Hall–Kier alpha value is -1.75. The molecule has 0 radical (unpaired) electrons. The molecule has 1 amide bonds. The minimum Gasteiger partial charge on any atom is -0.496 e. The molecule has 0 aromatic heterocycles. The number of nitrogens with one attached hydrogen (secondary N) is 2. The number of ether oxygens (including phenoxy) is 1. The van der Waals surface area contributed by atoms with E-state index in [9.17, 15) is 4.79 Å². The fourth-order valence-electron chi connectivity index (χ4n) is 2.38. The summed E-state index contributed by atoms with van der Waals surface area (Å²) in [6, 6.07) is 5.49. The number of anilines is 1. The van der Waals surface area contributed by atoms with Gasteiger partial charge in [-0.1, -0.05) is 6.07 Å². The minimum absolute atomic E-state index is 0.486. The maximum Gasteiger partial charge on any atom is 0.409 e. The number of hydrogen-bond acceptors (Lipinski definition) is 3. The van der Waals surface area contributed by atoms with Crippen molar-refractivity contribution < 1.29 is 14.6 Å². The van der Waals surface area contributed by atoms with Gasteiger partial charge in [0.1, 0.15) is 5.75 Å². The van der Waals surface area contributed by atoms with Crippen LogP contribution < -0.4 is 15.4 Å². The maximum atomic E-state index is 10.6. The highest BCUT2D eigenvalue weighted by molar-refractivity contribution is 5.83. The maximum absolute atomic E-state index is 10.6. The number of rotatable bonds is 3. The molecule has 1 heterocycles. The smallest absolute Gasteiger partial charge is 0.409 e. The molecule has 5 heteroatoms. The van der Waals surface area contributed by atoms with Gasteiger partial charge in [-0.05, 0) is 43.5 Å². The van der Waals surface area contributed by atoms with Crippen LogP contribution in [0.4, 0.5) is 10.5 Å². The lowest BCUT2D eigenvalue weighted by atomic mass is 9.89. The van der Waals surface area contributed by atoms with E-state index in [4.69, 9.17) is 9.84 Å². The Morgan fingerprint density at radius 3 is 2.78 bits per heavy atom. The zero-order valence-electron chi connectivity index (χ0n) is 10.4. The van der Waals surface area contributed by atoms with E-state index >= 15 is 0 Å². The first-order valence-electron chi connectivity index (χ1n) is 6.09. The summed E-state index contributed by atoms with van der Waals surface area (Å²) in [5.41, 5.74) is 1.70. The van der Waals surface area contributed by atoms with E-state index in [2.05, 4.69) is 10.6 Å². The van der Waals surface area contributed by atoms with Gasteiger partial charge in [0, 0.05) is 11.8 Å². The Labute approximate surface area is 106 Å². The summed E-state index contributed by atoms with van der Waals surface area (Å²) in [6.07, 6.45) is 1.11. The predicted molar refractivity (Wildman–Crippen MR) is 69.5 cm³/mol. The molecule has 1 aliphatic rings. The highest BCUT2D eigenvalue weighted by atomic mass is 16.5. The summed E-state index contributed by atoms with van der Waals surface area (Å²) < 4.78 is 5.37. The van der Waals surface area contributed by atoms with Crippen LogP contribution in [0.1, 0.15) is 24.3 Å². The minimum atomic E-state index is -1.06. The molecule has 0 aliphatic carbocycles. The molecule has 1 fully saturated rings. The molecule has 0 unspecified atom stereocenters. The van der Waals surface area contributed by atoms with Gasteiger partial charge >= 0.3 is 6.09 Å². The van der Waals surface area contributed by atoms with E-state index in [1.807, 2.05) is 6.07 Å². The van der Waals surface area contributed by atoms with Crippen LogP contribution in [0, 0.1) is 0 Å².